The Labute approximate surface area is 88.6 Å². The third-order valence-electron chi connectivity index (χ3n) is 1.71. The van der Waals surface area contributed by atoms with Crippen molar-refractivity contribution in [2.24, 2.45) is 10.9 Å². The van der Waals surface area contributed by atoms with Crippen LogP contribution in [0.2, 0.25) is 0 Å². The van der Waals surface area contributed by atoms with Crippen LogP contribution in [0.25, 0.3) is 0 Å². The fourth-order valence-corrected chi connectivity index (χ4v) is 0.836. The maximum absolute atomic E-state index is 7.34. The Kier molecular flexibility index (Phi) is 3.68. The van der Waals surface area contributed by atoms with Crippen LogP contribution in [0.4, 0.5) is 0 Å². The number of nitrogens with two attached hydrogens (primary N) is 1. The minimum Gasteiger partial charge on any atom is -0.380 e. The van der Waals surface area contributed by atoms with Gasteiger partial charge in [-0.2, -0.15) is 0 Å². The standard InChI is InChI=1S/C10H14N4O/c1-14(2)10(12)15-13-9(11)8-6-4-3-5-7-8/h3-7,12H,1-2H3,(H2,11,13). The first kappa shape index (κ1) is 11.0. The third kappa shape index (κ3) is 3.30. The normalized spacial score (nSPS) is 10.9. The lowest BCUT2D eigenvalue weighted by Gasteiger charge is -2.09. The quantitative estimate of drug-likeness (QED) is 0.427. The third-order valence-corrected chi connectivity index (χ3v) is 1.71. The second-order valence-corrected chi connectivity index (χ2v) is 3.13. The first-order chi connectivity index (χ1) is 7.11. The molecule has 0 saturated heterocycles. The highest BCUT2D eigenvalue weighted by molar-refractivity contribution is 5.97. The Bertz CT molecular complexity index is 359. The highest BCUT2D eigenvalue weighted by Crippen LogP contribution is 1.98. The van der Waals surface area contributed by atoms with Crippen molar-refractivity contribution in [1.29, 1.82) is 5.41 Å². The fraction of sp³-hybridized carbons (Fsp3) is 0.200. The second kappa shape index (κ2) is 4.99. The minimum atomic E-state index is -0.0612. The molecule has 0 saturated carbocycles. The topological polar surface area (TPSA) is 74.7 Å². The molecule has 0 fully saturated rings. The van der Waals surface area contributed by atoms with Crippen LogP contribution < -0.4 is 5.73 Å². The zero-order valence-electron chi connectivity index (χ0n) is 8.77. The van der Waals surface area contributed by atoms with E-state index in [2.05, 4.69) is 5.16 Å². The lowest BCUT2D eigenvalue weighted by molar-refractivity contribution is 0.270. The summed E-state index contributed by atoms with van der Waals surface area (Å²) in [5.74, 6) is 0.252. The van der Waals surface area contributed by atoms with Crippen molar-refractivity contribution in [2.75, 3.05) is 14.1 Å². The summed E-state index contributed by atoms with van der Waals surface area (Å²) in [4.78, 5) is 6.28. The van der Waals surface area contributed by atoms with E-state index in [1.54, 1.807) is 14.1 Å². The molecule has 5 heteroatoms. The van der Waals surface area contributed by atoms with E-state index in [0.717, 1.165) is 5.56 Å². The maximum atomic E-state index is 7.34. The van der Waals surface area contributed by atoms with Crippen LogP contribution in [0, 0.1) is 5.41 Å². The van der Waals surface area contributed by atoms with Gasteiger partial charge in [-0.3, -0.25) is 0 Å². The zero-order valence-corrected chi connectivity index (χ0v) is 8.77. The van der Waals surface area contributed by atoms with E-state index < -0.39 is 0 Å². The van der Waals surface area contributed by atoms with Crippen molar-refractivity contribution in [2.45, 2.75) is 0 Å². The van der Waals surface area contributed by atoms with Gasteiger partial charge in [-0.25, -0.2) is 5.41 Å². The monoisotopic (exact) mass is 206 g/mol. The molecule has 3 N–H and O–H groups in total. The van der Waals surface area contributed by atoms with Crippen molar-refractivity contribution in [3.05, 3.63) is 35.9 Å². The molecule has 0 unspecified atom stereocenters. The highest BCUT2D eigenvalue weighted by Gasteiger charge is 2.01. The van der Waals surface area contributed by atoms with E-state index in [4.69, 9.17) is 16.0 Å². The minimum absolute atomic E-state index is 0.0612. The fourth-order valence-electron chi connectivity index (χ4n) is 0.836. The molecule has 0 heterocycles. The summed E-state index contributed by atoms with van der Waals surface area (Å²) < 4.78 is 0. The highest BCUT2D eigenvalue weighted by atomic mass is 16.6. The molecule has 0 radical (unpaired) electrons. The first-order valence-electron chi connectivity index (χ1n) is 4.43. The second-order valence-electron chi connectivity index (χ2n) is 3.13. The Balaban J connectivity index is 2.65. The molecule has 1 aromatic carbocycles. The summed E-state index contributed by atoms with van der Waals surface area (Å²) in [6.45, 7) is 0. The maximum Gasteiger partial charge on any atom is 0.314 e. The van der Waals surface area contributed by atoms with Crippen molar-refractivity contribution in [1.82, 2.24) is 4.90 Å². The molecule has 1 aromatic rings. The van der Waals surface area contributed by atoms with Crippen LogP contribution in [0.15, 0.2) is 35.5 Å². The van der Waals surface area contributed by atoms with Crippen LogP contribution in [0.5, 0.6) is 0 Å². The molecule has 0 amide bonds. The van der Waals surface area contributed by atoms with E-state index in [9.17, 15) is 0 Å². The van der Waals surface area contributed by atoms with Gasteiger partial charge in [0.2, 0.25) is 0 Å². The Hall–Kier alpha value is -2.04. The van der Waals surface area contributed by atoms with Crippen molar-refractivity contribution in [3.8, 4) is 0 Å². The van der Waals surface area contributed by atoms with Gasteiger partial charge in [-0.1, -0.05) is 35.5 Å². The summed E-state index contributed by atoms with van der Waals surface area (Å²) >= 11 is 0. The number of nitrogens with zero attached hydrogens (tertiary/aromatic N) is 2. The number of benzene rings is 1. The molecular weight excluding hydrogens is 192 g/mol. The molecule has 0 aliphatic heterocycles. The number of hydrogen-bond donors (Lipinski definition) is 2. The molecule has 0 aliphatic rings. The molecular formula is C10H14N4O. The predicted molar refractivity (Wildman–Crippen MR) is 59.7 cm³/mol. The van der Waals surface area contributed by atoms with Gasteiger partial charge in [-0.05, 0) is 0 Å². The number of rotatable bonds is 2. The van der Waals surface area contributed by atoms with E-state index in [1.165, 1.54) is 4.90 Å². The van der Waals surface area contributed by atoms with Gasteiger partial charge in [0.1, 0.15) is 0 Å². The van der Waals surface area contributed by atoms with E-state index >= 15 is 0 Å². The number of amidine groups is 2. The summed E-state index contributed by atoms with van der Waals surface area (Å²) in [5, 5.41) is 11.0. The summed E-state index contributed by atoms with van der Waals surface area (Å²) in [7, 11) is 3.38. The van der Waals surface area contributed by atoms with Crippen LogP contribution in [-0.4, -0.2) is 30.9 Å². The number of nitrogens with one attached hydrogen (secondary N) is 1. The van der Waals surface area contributed by atoms with Crippen molar-refractivity contribution in [3.63, 3.8) is 0 Å². The Morgan fingerprint density at radius 3 is 2.47 bits per heavy atom. The molecule has 1 rings (SSSR count). The molecule has 0 aromatic heterocycles. The number of oxime groups is 1. The van der Waals surface area contributed by atoms with Crippen molar-refractivity contribution < 1.29 is 4.84 Å². The molecule has 80 valence electrons. The van der Waals surface area contributed by atoms with Crippen LogP contribution in [-0.2, 0) is 4.84 Å². The SMILES string of the molecule is CN(C)C(=N)O/N=C(\N)c1ccccc1. The van der Waals surface area contributed by atoms with E-state index in [1.807, 2.05) is 30.3 Å². The van der Waals surface area contributed by atoms with Crippen LogP contribution >= 0.6 is 0 Å². The lowest BCUT2D eigenvalue weighted by atomic mass is 10.2. The lowest BCUT2D eigenvalue weighted by Crippen LogP contribution is -2.23. The van der Waals surface area contributed by atoms with Gasteiger partial charge in [0, 0.05) is 19.7 Å². The van der Waals surface area contributed by atoms with Gasteiger partial charge in [-0.15, -0.1) is 0 Å². The molecule has 0 spiro atoms. The van der Waals surface area contributed by atoms with Gasteiger partial charge in [0.15, 0.2) is 5.84 Å². The van der Waals surface area contributed by atoms with Crippen LogP contribution in [0.3, 0.4) is 0 Å². The summed E-state index contributed by atoms with van der Waals surface area (Å²) in [5.41, 5.74) is 6.42. The summed E-state index contributed by atoms with van der Waals surface area (Å²) in [6, 6.07) is 9.18. The van der Waals surface area contributed by atoms with Gasteiger partial charge < -0.3 is 15.5 Å². The predicted octanol–water partition coefficient (Wildman–Crippen LogP) is 0.820. The molecule has 0 atom stereocenters. The van der Waals surface area contributed by atoms with Crippen LogP contribution in [0.1, 0.15) is 5.56 Å². The molecule has 0 aliphatic carbocycles. The average Bonchev–Trinajstić information content (AvgIpc) is 2.26. The zero-order chi connectivity index (χ0) is 11.3. The van der Waals surface area contributed by atoms with Gasteiger partial charge >= 0.3 is 6.02 Å². The molecule has 5 nitrogen and oxygen atoms in total. The average molecular weight is 206 g/mol. The largest absolute Gasteiger partial charge is 0.380 e. The Morgan fingerprint density at radius 2 is 1.93 bits per heavy atom. The first-order valence-corrected chi connectivity index (χ1v) is 4.43. The summed E-state index contributed by atoms with van der Waals surface area (Å²) in [6.07, 6.45) is 0. The molecule has 0 bridgehead atoms. The van der Waals surface area contributed by atoms with Crippen molar-refractivity contribution >= 4 is 11.9 Å². The number of hydrogen-bond acceptors (Lipinski definition) is 3. The van der Waals surface area contributed by atoms with Gasteiger partial charge in [0.25, 0.3) is 0 Å². The van der Waals surface area contributed by atoms with Gasteiger partial charge in [0.05, 0.1) is 0 Å². The smallest absolute Gasteiger partial charge is 0.314 e. The Morgan fingerprint density at radius 1 is 1.33 bits per heavy atom. The van der Waals surface area contributed by atoms with E-state index in [-0.39, 0.29) is 11.9 Å². The molecule has 15 heavy (non-hydrogen) atoms. The van der Waals surface area contributed by atoms with E-state index in [0.29, 0.717) is 0 Å².